The minimum Gasteiger partial charge on any atom is -0.420 e. The number of aromatic nitrogens is 7. The number of thiophene rings is 1. The van der Waals surface area contributed by atoms with Crippen LogP contribution < -0.4 is 16.0 Å². The van der Waals surface area contributed by atoms with E-state index in [9.17, 15) is 9.59 Å². The van der Waals surface area contributed by atoms with Gasteiger partial charge >= 0.3 is 0 Å². The molecule has 13 nitrogen and oxygen atoms in total. The summed E-state index contributed by atoms with van der Waals surface area (Å²) in [5.41, 5.74) is 2.18. The molecule has 3 N–H and O–H groups in total. The second-order valence-corrected chi connectivity index (χ2v) is 12.0. The molecule has 0 radical (unpaired) electrons. The van der Waals surface area contributed by atoms with Gasteiger partial charge in [-0.1, -0.05) is 0 Å². The van der Waals surface area contributed by atoms with Crippen LogP contribution in [-0.4, -0.2) is 53.1 Å². The molecule has 2 amide bonds. The summed E-state index contributed by atoms with van der Waals surface area (Å²) in [6.07, 6.45) is 8.16. The lowest BCUT2D eigenvalue weighted by molar-refractivity contribution is -0.117. The molecule has 7 rings (SSSR count). The second-order valence-electron chi connectivity index (χ2n) is 10.9. The van der Waals surface area contributed by atoms with E-state index in [4.69, 9.17) is 4.42 Å². The van der Waals surface area contributed by atoms with Crippen molar-refractivity contribution in [2.75, 3.05) is 17.2 Å². The Hall–Kier alpha value is -4.07. The van der Waals surface area contributed by atoms with Gasteiger partial charge in [0.15, 0.2) is 5.69 Å². The van der Waals surface area contributed by atoms with Gasteiger partial charge in [0, 0.05) is 43.4 Å². The van der Waals surface area contributed by atoms with Crippen LogP contribution in [0.2, 0.25) is 0 Å². The second kappa shape index (κ2) is 9.84. The van der Waals surface area contributed by atoms with E-state index < -0.39 is 0 Å². The third-order valence-corrected chi connectivity index (χ3v) is 8.93. The van der Waals surface area contributed by atoms with E-state index in [1.807, 2.05) is 17.7 Å². The zero-order valence-electron chi connectivity index (χ0n) is 22.3. The van der Waals surface area contributed by atoms with Crippen LogP contribution in [0, 0.1) is 18.8 Å². The standard InChI is InChI=1S/C26H30N10O3S/c1-13-31-32-24(39-13)18-10-20(35(2)34-18)29-26-33-28-12-36(26)16-7-8-19-17(9-16)21(23(38)27-11-14-3-4-14)25(40-19)30-22(37)15-5-6-15/h10,12,14-16H,3-9,11H2,1-2H3,(H,27,38)(H,29,33)(H,30,37)/t16-/m0/s1. The lowest BCUT2D eigenvalue weighted by atomic mass is 9.91. The number of rotatable bonds is 9. The average molecular weight is 563 g/mol. The van der Waals surface area contributed by atoms with Gasteiger partial charge in [-0.15, -0.1) is 31.7 Å². The van der Waals surface area contributed by atoms with Crippen LogP contribution in [0.15, 0.2) is 16.8 Å². The number of hydrogen-bond acceptors (Lipinski definition) is 10. The molecule has 3 aliphatic carbocycles. The maximum Gasteiger partial charge on any atom is 0.268 e. The van der Waals surface area contributed by atoms with Crippen molar-refractivity contribution in [1.29, 1.82) is 0 Å². The third-order valence-electron chi connectivity index (χ3n) is 7.73. The molecule has 2 saturated carbocycles. The molecule has 0 aliphatic heterocycles. The van der Waals surface area contributed by atoms with E-state index >= 15 is 0 Å². The average Bonchev–Trinajstić information content (AvgIpc) is 3.80. The monoisotopic (exact) mass is 562 g/mol. The highest BCUT2D eigenvalue weighted by Crippen LogP contribution is 2.43. The summed E-state index contributed by atoms with van der Waals surface area (Å²) in [5.74, 6) is 2.63. The summed E-state index contributed by atoms with van der Waals surface area (Å²) < 4.78 is 9.21. The molecule has 208 valence electrons. The van der Waals surface area contributed by atoms with Crippen LogP contribution in [0.4, 0.5) is 16.8 Å². The molecule has 0 unspecified atom stereocenters. The Morgan fingerprint density at radius 3 is 2.75 bits per heavy atom. The topological polar surface area (TPSA) is 158 Å². The Morgan fingerprint density at radius 2 is 2.00 bits per heavy atom. The SMILES string of the molecule is Cc1nnc(-c2cc(Nc3nncn3[C@H]3CCc4sc(NC(=O)C5CC5)c(C(=O)NCC5CC5)c4C3)n(C)n2)o1. The zero-order chi connectivity index (χ0) is 27.4. The maximum atomic E-state index is 13.4. The lowest BCUT2D eigenvalue weighted by Gasteiger charge is -2.25. The van der Waals surface area contributed by atoms with Crippen LogP contribution in [0.1, 0.15) is 64.8 Å². The first-order valence-electron chi connectivity index (χ1n) is 13.7. The maximum absolute atomic E-state index is 13.4. The van der Waals surface area contributed by atoms with Crippen LogP contribution in [0.3, 0.4) is 0 Å². The van der Waals surface area contributed by atoms with Crippen molar-refractivity contribution in [3.8, 4) is 11.6 Å². The van der Waals surface area contributed by atoms with E-state index in [2.05, 4.69) is 41.4 Å². The molecule has 0 spiro atoms. The van der Waals surface area contributed by atoms with Crippen LogP contribution >= 0.6 is 11.3 Å². The molecular weight excluding hydrogens is 532 g/mol. The van der Waals surface area contributed by atoms with Crippen molar-refractivity contribution >= 4 is 39.9 Å². The number of aryl methyl sites for hydroxylation is 3. The predicted octanol–water partition coefficient (Wildman–Crippen LogP) is 3.39. The molecule has 2 fully saturated rings. The van der Waals surface area contributed by atoms with Gasteiger partial charge in [-0.05, 0) is 56.4 Å². The summed E-state index contributed by atoms with van der Waals surface area (Å²) in [6, 6.07) is 1.86. The Balaban J connectivity index is 1.14. The van der Waals surface area contributed by atoms with Gasteiger partial charge in [0.1, 0.15) is 17.1 Å². The smallest absolute Gasteiger partial charge is 0.268 e. The fourth-order valence-corrected chi connectivity index (χ4v) is 6.39. The number of amides is 2. The van der Waals surface area contributed by atoms with Crippen LogP contribution in [-0.2, 0) is 24.7 Å². The molecular formula is C26H30N10O3S. The van der Waals surface area contributed by atoms with Crippen molar-refractivity contribution in [3.05, 3.63) is 34.3 Å². The molecule has 1 atom stereocenters. The van der Waals surface area contributed by atoms with Gasteiger partial charge in [0.2, 0.25) is 17.7 Å². The van der Waals surface area contributed by atoms with Gasteiger partial charge in [-0.2, -0.15) is 5.10 Å². The van der Waals surface area contributed by atoms with Crippen molar-refractivity contribution in [2.24, 2.45) is 18.9 Å². The molecule has 0 saturated heterocycles. The normalized spacial score (nSPS) is 18.4. The van der Waals surface area contributed by atoms with Gasteiger partial charge in [0.25, 0.3) is 11.8 Å². The summed E-state index contributed by atoms with van der Waals surface area (Å²) in [6.45, 7) is 2.41. The van der Waals surface area contributed by atoms with Gasteiger partial charge < -0.3 is 20.4 Å². The van der Waals surface area contributed by atoms with Crippen LogP contribution in [0.25, 0.3) is 11.6 Å². The summed E-state index contributed by atoms with van der Waals surface area (Å²) >= 11 is 1.54. The van der Waals surface area contributed by atoms with Crippen LogP contribution in [0.5, 0.6) is 0 Å². The lowest BCUT2D eigenvalue weighted by Crippen LogP contribution is -2.28. The number of nitrogens with one attached hydrogen (secondary N) is 3. The summed E-state index contributed by atoms with van der Waals surface area (Å²) in [4.78, 5) is 27.2. The zero-order valence-corrected chi connectivity index (χ0v) is 23.1. The minimum atomic E-state index is -0.100. The molecule has 4 heterocycles. The first kappa shape index (κ1) is 24.9. The molecule has 0 aromatic carbocycles. The van der Waals surface area contributed by atoms with E-state index in [1.54, 1.807) is 29.3 Å². The molecule has 3 aliphatic rings. The fraction of sp³-hybridized carbons (Fsp3) is 0.500. The quantitative estimate of drug-likeness (QED) is 0.278. The number of carbonyl (C=O) groups excluding carboxylic acids is 2. The largest absolute Gasteiger partial charge is 0.420 e. The highest BCUT2D eigenvalue weighted by atomic mass is 32.1. The van der Waals surface area contributed by atoms with Gasteiger partial charge in [-0.3, -0.25) is 18.8 Å². The Labute approximate surface area is 233 Å². The molecule has 40 heavy (non-hydrogen) atoms. The highest BCUT2D eigenvalue weighted by Gasteiger charge is 2.35. The number of anilines is 3. The number of nitrogens with zero attached hydrogens (tertiary/aromatic N) is 7. The first-order chi connectivity index (χ1) is 19.4. The van der Waals surface area contributed by atoms with Crippen molar-refractivity contribution in [3.63, 3.8) is 0 Å². The fourth-order valence-electron chi connectivity index (χ4n) is 5.14. The van der Waals surface area contributed by atoms with E-state index in [1.165, 1.54) is 0 Å². The number of hydrogen-bond donors (Lipinski definition) is 3. The molecule has 4 aromatic heterocycles. The molecule has 4 aromatic rings. The Morgan fingerprint density at radius 1 is 1.15 bits per heavy atom. The molecule has 0 bridgehead atoms. The highest BCUT2D eigenvalue weighted by molar-refractivity contribution is 7.17. The predicted molar refractivity (Wildman–Crippen MR) is 146 cm³/mol. The number of carbonyl (C=O) groups is 2. The summed E-state index contributed by atoms with van der Waals surface area (Å²) in [7, 11) is 1.82. The van der Waals surface area contributed by atoms with Crippen molar-refractivity contribution in [2.45, 2.75) is 57.9 Å². The third kappa shape index (κ3) is 4.87. The van der Waals surface area contributed by atoms with E-state index in [0.29, 0.717) is 58.7 Å². The van der Waals surface area contributed by atoms with Crippen molar-refractivity contribution < 1.29 is 14.0 Å². The first-order valence-corrected chi connectivity index (χ1v) is 14.5. The summed E-state index contributed by atoms with van der Waals surface area (Å²) in [5, 5.41) is 31.1. The Kier molecular flexibility index (Phi) is 6.13. The molecule has 14 heteroatoms. The van der Waals surface area contributed by atoms with Crippen molar-refractivity contribution in [1.82, 2.24) is 40.1 Å². The Bertz CT molecular complexity index is 1590. The minimum absolute atomic E-state index is 0.0166. The number of fused-ring (bicyclic) bond motifs is 1. The van der Waals surface area contributed by atoms with Gasteiger partial charge in [0.05, 0.1) is 5.56 Å². The van der Waals surface area contributed by atoms with Gasteiger partial charge in [-0.25, -0.2) is 0 Å². The van der Waals surface area contributed by atoms with E-state index in [0.717, 1.165) is 49.0 Å². The van der Waals surface area contributed by atoms with E-state index in [-0.39, 0.29) is 23.8 Å².